The van der Waals surface area contributed by atoms with Gasteiger partial charge in [-0.15, -0.1) is 0 Å². The maximum absolute atomic E-state index is 12.4. The monoisotopic (exact) mass is 373 g/mol. The summed E-state index contributed by atoms with van der Waals surface area (Å²) in [5.41, 5.74) is 1.05. The molecule has 0 radical (unpaired) electrons. The van der Waals surface area contributed by atoms with Crippen LogP contribution in [0.3, 0.4) is 0 Å². The van der Waals surface area contributed by atoms with Gasteiger partial charge in [0.15, 0.2) is 0 Å². The Hall–Kier alpha value is -2.08. The largest absolute Gasteiger partial charge is 0.497 e. The van der Waals surface area contributed by atoms with Crippen LogP contribution in [-0.4, -0.2) is 61.4 Å². The highest BCUT2D eigenvalue weighted by atomic mass is 16.5. The highest BCUT2D eigenvalue weighted by Crippen LogP contribution is 2.21. The number of hydrogen-bond donors (Lipinski definition) is 1. The molecule has 1 N–H and O–H groups in total. The fraction of sp³-hybridized carbons (Fsp3) is 0.619. The lowest BCUT2D eigenvalue weighted by molar-refractivity contribution is -0.129. The summed E-state index contributed by atoms with van der Waals surface area (Å²) in [5.74, 6) is 0.637. The van der Waals surface area contributed by atoms with Gasteiger partial charge in [0, 0.05) is 26.1 Å². The van der Waals surface area contributed by atoms with E-state index in [-0.39, 0.29) is 17.7 Å². The second-order valence-corrected chi connectivity index (χ2v) is 7.57. The van der Waals surface area contributed by atoms with E-state index in [1.165, 1.54) is 32.4 Å². The van der Waals surface area contributed by atoms with Gasteiger partial charge in [-0.2, -0.15) is 0 Å². The van der Waals surface area contributed by atoms with Crippen molar-refractivity contribution in [2.75, 3.05) is 39.8 Å². The Morgan fingerprint density at radius 3 is 2.63 bits per heavy atom. The molecule has 2 fully saturated rings. The Bertz CT molecular complexity index is 626. The number of ether oxygens (including phenoxy) is 1. The molecule has 1 aromatic carbocycles. The van der Waals surface area contributed by atoms with Crippen LogP contribution >= 0.6 is 0 Å². The molecule has 0 saturated carbocycles. The van der Waals surface area contributed by atoms with Gasteiger partial charge in [0.05, 0.1) is 13.0 Å². The standard InChI is InChI=1S/C21H31N3O3/c1-27-19-8-6-17(7-9-19)15-24-16-18(14-20(24)25)21(26)22-10-5-13-23-11-3-2-4-12-23/h6-9,18H,2-5,10-16H2,1H3,(H,22,26)/t18-/m0/s1. The van der Waals surface area contributed by atoms with Gasteiger partial charge in [-0.1, -0.05) is 18.6 Å². The Balaban J connectivity index is 1.38. The quantitative estimate of drug-likeness (QED) is 0.709. The molecule has 2 aliphatic heterocycles. The Kier molecular flexibility index (Phi) is 7.10. The molecule has 2 aliphatic rings. The third kappa shape index (κ3) is 5.70. The lowest BCUT2D eigenvalue weighted by Crippen LogP contribution is -2.36. The minimum atomic E-state index is -0.231. The first-order valence-electron chi connectivity index (χ1n) is 10.1. The molecule has 27 heavy (non-hydrogen) atoms. The van der Waals surface area contributed by atoms with E-state index in [0.717, 1.165) is 24.3 Å². The second kappa shape index (κ2) is 9.74. The molecule has 0 bridgehead atoms. The van der Waals surface area contributed by atoms with Crippen LogP contribution in [0.5, 0.6) is 5.75 Å². The second-order valence-electron chi connectivity index (χ2n) is 7.57. The van der Waals surface area contributed by atoms with Crippen LogP contribution in [0.25, 0.3) is 0 Å². The predicted octanol–water partition coefficient (Wildman–Crippen LogP) is 2.04. The number of methoxy groups -OCH3 is 1. The molecule has 0 unspecified atom stereocenters. The maximum Gasteiger partial charge on any atom is 0.225 e. The summed E-state index contributed by atoms with van der Waals surface area (Å²) in [5, 5.41) is 3.02. The van der Waals surface area contributed by atoms with Crippen LogP contribution in [0, 0.1) is 5.92 Å². The molecule has 2 heterocycles. The Labute approximate surface area is 161 Å². The molecule has 148 valence electrons. The molecule has 0 aromatic heterocycles. The van der Waals surface area contributed by atoms with E-state index in [9.17, 15) is 9.59 Å². The van der Waals surface area contributed by atoms with Crippen molar-refractivity contribution in [3.05, 3.63) is 29.8 Å². The number of likely N-dealkylation sites (tertiary alicyclic amines) is 2. The number of amides is 2. The zero-order valence-corrected chi connectivity index (χ0v) is 16.3. The number of hydrogen-bond acceptors (Lipinski definition) is 4. The van der Waals surface area contributed by atoms with Crippen LogP contribution in [0.2, 0.25) is 0 Å². The Morgan fingerprint density at radius 2 is 1.93 bits per heavy atom. The zero-order chi connectivity index (χ0) is 19.1. The smallest absolute Gasteiger partial charge is 0.225 e. The molecular formula is C21H31N3O3. The van der Waals surface area contributed by atoms with Gasteiger partial charge in [-0.05, 0) is 56.6 Å². The van der Waals surface area contributed by atoms with Gasteiger partial charge < -0.3 is 19.9 Å². The van der Waals surface area contributed by atoms with Gasteiger partial charge in [0.1, 0.15) is 5.75 Å². The van der Waals surface area contributed by atoms with E-state index in [1.54, 1.807) is 12.0 Å². The summed E-state index contributed by atoms with van der Waals surface area (Å²) in [6.45, 7) is 5.16. The van der Waals surface area contributed by atoms with Crippen molar-refractivity contribution in [1.82, 2.24) is 15.1 Å². The summed E-state index contributed by atoms with van der Waals surface area (Å²) in [6.07, 6.45) is 5.22. The molecule has 0 aliphatic carbocycles. The van der Waals surface area contributed by atoms with Crippen LogP contribution in [0.4, 0.5) is 0 Å². The fourth-order valence-electron chi connectivity index (χ4n) is 3.89. The van der Waals surface area contributed by atoms with Crippen LogP contribution < -0.4 is 10.1 Å². The molecule has 2 amide bonds. The van der Waals surface area contributed by atoms with Crippen molar-refractivity contribution in [2.45, 2.75) is 38.6 Å². The van der Waals surface area contributed by atoms with E-state index in [1.807, 2.05) is 24.3 Å². The number of rotatable bonds is 8. The number of carbonyl (C=O) groups excluding carboxylic acids is 2. The van der Waals surface area contributed by atoms with Crippen LogP contribution in [0.1, 0.15) is 37.7 Å². The summed E-state index contributed by atoms with van der Waals surface area (Å²) in [7, 11) is 1.63. The number of nitrogens with zero attached hydrogens (tertiary/aromatic N) is 2. The normalized spacial score (nSPS) is 20.7. The minimum Gasteiger partial charge on any atom is -0.497 e. The van der Waals surface area contributed by atoms with E-state index < -0.39 is 0 Å². The number of benzene rings is 1. The maximum atomic E-state index is 12.4. The van der Waals surface area contributed by atoms with E-state index >= 15 is 0 Å². The van der Waals surface area contributed by atoms with Crippen molar-refractivity contribution in [2.24, 2.45) is 5.92 Å². The van der Waals surface area contributed by atoms with Crippen molar-refractivity contribution >= 4 is 11.8 Å². The van der Waals surface area contributed by atoms with Crippen molar-refractivity contribution < 1.29 is 14.3 Å². The molecule has 2 saturated heterocycles. The van der Waals surface area contributed by atoms with Gasteiger partial charge >= 0.3 is 0 Å². The highest BCUT2D eigenvalue weighted by molar-refractivity contribution is 5.89. The first-order chi connectivity index (χ1) is 13.2. The topological polar surface area (TPSA) is 61.9 Å². The SMILES string of the molecule is COc1ccc(CN2C[C@@H](C(=O)NCCCN3CCCCC3)CC2=O)cc1. The van der Waals surface area contributed by atoms with Crippen LogP contribution in [-0.2, 0) is 16.1 Å². The first-order valence-corrected chi connectivity index (χ1v) is 10.1. The third-order valence-electron chi connectivity index (χ3n) is 5.52. The third-order valence-corrected chi connectivity index (χ3v) is 5.52. The molecule has 0 spiro atoms. The average Bonchev–Trinajstić information content (AvgIpc) is 3.07. The number of piperidine rings is 1. The summed E-state index contributed by atoms with van der Waals surface area (Å²) >= 11 is 0. The average molecular weight is 373 g/mol. The van der Waals surface area contributed by atoms with E-state index in [4.69, 9.17) is 4.74 Å². The van der Waals surface area contributed by atoms with E-state index in [0.29, 0.717) is 26.1 Å². The van der Waals surface area contributed by atoms with Crippen LogP contribution in [0.15, 0.2) is 24.3 Å². The fourth-order valence-corrected chi connectivity index (χ4v) is 3.89. The summed E-state index contributed by atoms with van der Waals surface area (Å²) in [4.78, 5) is 28.9. The highest BCUT2D eigenvalue weighted by Gasteiger charge is 2.34. The van der Waals surface area contributed by atoms with E-state index in [2.05, 4.69) is 10.2 Å². The van der Waals surface area contributed by atoms with Gasteiger partial charge in [0.25, 0.3) is 0 Å². The van der Waals surface area contributed by atoms with Crippen molar-refractivity contribution in [3.63, 3.8) is 0 Å². The Morgan fingerprint density at radius 1 is 1.19 bits per heavy atom. The zero-order valence-electron chi connectivity index (χ0n) is 16.3. The van der Waals surface area contributed by atoms with Crippen molar-refractivity contribution in [3.8, 4) is 5.75 Å². The molecule has 1 aromatic rings. The molecular weight excluding hydrogens is 342 g/mol. The number of nitrogens with one attached hydrogen (secondary N) is 1. The lowest BCUT2D eigenvalue weighted by Gasteiger charge is -2.26. The van der Waals surface area contributed by atoms with Gasteiger partial charge in [0.2, 0.25) is 11.8 Å². The van der Waals surface area contributed by atoms with Gasteiger partial charge in [-0.25, -0.2) is 0 Å². The number of carbonyl (C=O) groups is 2. The van der Waals surface area contributed by atoms with Gasteiger partial charge in [-0.3, -0.25) is 9.59 Å². The predicted molar refractivity (Wildman–Crippen MR) is 104 cm³/mol. The van der Waals surface area contributed by atoms with Crippen molar-refractivity contribution in [1.29, 1.82) is 0 Å². The lowest BCUT2D eigenvalue weighted by atomic mass is 10.1. The summed E-state index contributed by atoms with van der Waals surface area (Å²) in [6, 6.07) is 7.70. The summed E-state index contributed by atoms with van der Waals surface area (Å²) < 4.78 is 5.16. The molecule has 6 nitrogen and oxygen atoms in total. The molecule has 1 atom stereocenters. The molecule has 6 heteroatoms. The molecule has 3 rings (SSSR count). The minimum absolute atomic E-state index is 0.0132. The first kappa shape index (κ1) is 19.7.